The number of para-hydroxylation sites is 1. The molecule has 1 heterocycles. The van der Waals surface area contributed by atoms with Gasteiger partial charge in [-0.3, -0.25) is 0 Å². The first-order valence-electron chi connectivity index (χ1n) is 14.3. The van der Waals surface area contributed by atoms with Crippen LogP contribution >= 0.6 is 0 Å². The van der Waals surface area contributed by atoms with Crippen LogP contribution in [-0.4, -0.2) is 31.3 Å². The Morgan fingerprint density at radius 2 is 1.30 bits per heavy atom. The number of unbranched alkanes of at least 4 members (excludes halogenated alkanes) is 5. The van der Waals surface area contributed by atoms with Crippen molar-refractivity contribution in [1.82, 2.24) is 9.97 Å². The van der Waals surface area contributed by atoms with Crippen LogP contribution in [0.4, 0.5) is 0 Å². The molecular weight excluding hydrogens is 472 g/mol. The highest BCUT2D eigenvalue weighted by Gasteiger charge is 2.19. The second kappa shape index (κ2) is 15.6. The molecule has 0 unspecified atom stereocenters. The molecule has 1 aromatic heterocycles. The predicted molar refractivity (Wildman–Crippen MR) is 159 cm³/mol. The highest BCUT2D eigenvalue weighted by molar-refractivity contribution is 6.77. The maximum Gasteiger partial charge on any atom is 0.162 e. The molecule has 3 aromatic rings. The van der Waals surface area contributed by atoms with E-state index in [1.54, 1.807) is 0 Å². The molecule has 0 aliphatic rings. The minimum absolute atomic E-state index is 0.694. The Morgan fingerprint density at radius 1 is 0.649 bits per heavy atom. The third-order valence-corrected chi connectivity index (χ3v) is 10.4. The molecule has 0 aliphatic heterocycles. The first-order valence-corrected chi connectivity index (χ1v) is 17.7. The number of hydrogen-bond acceptors (Lipinski definition) is 4. The Balaban J connectivity index is 1.53. The van der Waals surface area contributed by atoms with E-state index in [4.69, 9.17) is 9.47 Å². The van der Waals surface area contributed by atoms with E-state index in [0.717, 1.165) is 54.2 Å². The van der Waals surface area contributed by atoms with Gasteiger partial charge in [-0.05, 0) is 42.7 Å². The molecule has 37 heavy (non-hydrogen) atoms. The second-order valence-electron chi connectivity index (χ2n) is 10.8. The molecule has 0 atom stereocenters. The number of hydrogen-bond donors (Lipinski definition) is 0. The summed E-state index contributed by atoms with van der Waals surface area (Å²) in [5.74, 6) is 2.47. The van der Waals surface area contributed by atoms with Crippen molar-refractivity contribution in [2.75, 3.05) is 13.2 Å². The van der Waals surface area contributed by atoms with E-state index in [1.807, 2.05) is 48.8 Å². The number of rotatable bonds is 17. The van der Waals surface area contributed by atoms with Crippen LogP contribution in [0, 0.1) is 0 Å². The van der Waals surface area contributed by atoms with E-state index in [2.05, 4.69) is 49.0 Å². The topological polar surface area (TPSA) is 44.2 Å². The summed E-state index contributed by atoms with van der Waals surface area (Å²) in [4.78, 5) is 9.35. The van der Waals surface area contributed by atoms with Gasteiger partial charge in [0.25, 0.3) is 0 Å². The van der Waals surface area contributed by atoms with Crippen LogP contribution in [0.15, 0.2) is 60.9 Å². The van der Waals surface area contributed by atoms with Crippen molar-refractivity contribution in [3.63, 3.8) is 0 Å². The fourth-order valence-corrected chi connectivity index (χ4v) is 7.29. The van der Waals surface area contributed by atoms with E-state index in [9.17, 15) is 0 Å². The van der Waals surface area contributed by atoms with Gasteiger partial charge in [0.1, 0.15) is 11.5 Å². The smallest absolute Gasteiger partial charge is 0.162 e. The molecule has 4 nitrogen and oxygen atoms in total. The van der Waals surface area contributed by atoms with Crippen LogP contribution in [0.5, 0.6) is 11.5 Å². The Labute approximate surface area is 225 Å². The highest BCUT2D eigenvalue weighted by atomic mass is 28.3. The van der Waals surface area contributed by atoms with Crippen LogP contribution < -0.4 is 9.47 Å². The summed E-state index contributed by atoms with van der Waals surface area (Å²) in [6.45, 7) is 11.1. The Morgan fingerprint density at radius 3 is 2.03 bits per heavy atom. The Bertz CT molecular complexity index is 1040. The second-order valence-corrected chi connectivity index (χ2v) is 16.1. The number of nitrogens with zero attached hydrogens (tertiary/aromatic N) is 2. The molecule has 200 valence electrons. The normalized spacial score (nSPS) is 11.5. The van der Waals surface area contributed by atoms with Crippen molar-refractivity contribution in [1.29, 1.82) is 0 Å². The van der Waals surface area contributed by atoms with Gasteiger partial charge in [-0.15, -0.1) is 0 Å². The van der Waals surface area contributed by atoms with E-state index >= 15 is 0 Å². The molecule has 0 bridgehead atoms. The van der Waals surface area contributed by atoms with Gasteiger partial charge in [0.05, 0.1) is 18.8 Å². The van der Waals surface area contributed by atoms with Crippen molar-refractivity contribution in [3.8, 4) is 34.0 Å². The standard InChI is InChI=1S/C32H46N2O2Si/c1-5-7-9-12-21-35-29-19-17-27(18-20-29)28-25-33-32(34-26-28)30-15-10-11-16-31(30)36-22-13-14-24-37(3,4)23-8-6-2/h10-11,15-20,25-26H,5-9,12-14,21-24H2,1-4H3. The zero-order chi connectivity index (χ0) is 26.3. The summed E-state index contributed by atoms with van der Waals surface area (Å²) in [6.07, 6.45) is 13.7. The monoisotopic (exact) mass is 518 g/mol. The molecule has 0 spiro atoms. The van der Waals surface area contributed by atoms with Gasteiger partial charge in [0, 0.05) is 26.0 Å². The lowest BCUT2D eigenvalue weighted by Gasteiger charge is -2.22. The molecular formula is C32H46N2O2Si. The average molecular weight is 519 g/mol. The maximum absolute atomic E-state index is 6.19. The van der Waals surface area contributed by atoms with E-state index in [1.165, 1.54) is 50.6 Å². The van der Waals surface area contributed by atoms with Crippen LogP contribution in [0.3, 0.4) is 0 Å². The van der Waals surface area contributed by atoms with Crippen molar-refractivity contribution < 1.29 is 9.47 Å². The van der Waals surface area contributed by atoms with Gasteiger partial charge in [0.2, 0.25) is 0 Å². The lowest BCUT2D eigenvalue weighted by Crippen LogP contribution is -2.24. The summed E-state index contributed by atoms with van der Waals surface area (Å²) >= 11 is 0. The average Bonchev–Trinajstić information content (AvgIpc) is 2.92. The molecule has 5 heteroatoms. The third kappa shape index (κ3) is 9.96. The van der Waals surface area contributed by atoms with E-state index in [0.29, 0.717) is 5.82 Å². The van der Waals surface area contributed by atoms with Gasteiger partial charge in [0.15, 0.2) is 5.82 Å². The Kier molecular flexibility index (Phi) is 12.2. The molecule has 0 saturated carbocycles. The first-order chi connectivity index (χ1) is 18.0. The summed E-state index contributed by atoms with van der Waals surface area (Å²) in [5, 5.41) is 0. The highest BCUT2D eigenvalue weighted by Crippen LogP contribution is 2.29. The molecule has 0 aliphatic carbocycles. The quantitative estimate of drug-likeness (QED) is 0.132. The van der Waals surface area contributed by atoms with Crippen molar-refractivity contribution in [2.24, 2.45) is 0 Å². The van der Waals surface area contributed by atoms with E-state index in [-0.39, 0.29) is 0 Å². The van der Waals surface area contributed by atoms with Crippen molar-refractivity contribution in [3.05, 3.63) is 60.9 Å². The number of aromatic nitrogens is 2. The first kappa shape index (κ1) is 28.9. The lowest BCUT2D eigenvalue weighted by molar-refractivity contribution is 0.305. The summed E-state index contributed by atoms with van der Waals surface area (Å²) in [5.41, 5.74) is 3.02. The fourth-order valence-electron chi connectivity index (χ4n) is 4.52. The molecule has 0 radical (unpaired) electrons. The lowest BCUT2D eigenvalue weighted by atomic mass is 10.1. The van der Waals surface area contributed by atoms with Gasteiger partial charge < -0.3 is 9.47 Å². The van der Waals surface area contributed by atoms with Crippen molar-refractivity contribution in [2.45, 2.75) is 90.4 Å². The van der Waals surface area contributed by atoms with Crippen molar-refractivity contribution >= 4 is 8.07 Å². The van der Waals surface area contributed by atoms with E-state index < -0.39 is 8.07 Å². The van der Waals surface area contributed by atoms with Crippen LogP contribution in [0.1, 0.15) is 65.2 Å². The summed E-state index contributed by atoms with van der Waals surface area (Å²) in [6, 6.07) is 19.1. The minimum atomic E-state index is -1.05. The van der Waals surface area contributed by atoms with Crippen LogP contribution in [0.2, 0.25) is 25.2 Å². The Hall–Kier alpha value is -2.66. The molecule has 2 aromatic carbocycles. The molecule has 0 amide bonds. The maximum atomic E-state index is 6.19. The zero-order valence-corrected chi connectivity index (χ0v) is 24.5. The summed E-state index contributed by atoms with van der Waals surface area (Å²) in [7, 11) is -1.05. The molecule has 3 rings (SSSR count). The van der Waals surface area contributed by atoms with Crippen LogP contribution in [-0.2, 0) is 0 Å². The zero-order valence-electron chi connectivity index (χ0n) is 23.5. The number of ether oxygens (including phenoxy) is 2. The predicted octanol–water partition coefficient (Wildman–Crippen LogP) is 9.44. The molecule has 0 saturated heterocycles. The van der Waals surface area contributed by atoms with Crippen LogP contribution in [0.25, 0.3) is 22.5 Å². The van der Waals surface area contributed by atoms with Gasteiger partial charge >= 0.3 is 0 Å². The SMILES string of the molecule is CCCCCCOc1ccc(-c2cnc(-c3ccccc3OCCCC[Si](C)(C)CCCC)nc2)cc1. The fraction of sp³-hybridized carbons (Fsp3) is 0.500. The number of benzene rings is 2. The summed E-state index contributed by atoms with van der Waals surface area (Å²) < 4.78 is 12.1. The van der Waals surface area contributed by atoms with Gasteiger partial charge in [-0.25, -0.2) is 9.97 Å². The minimum Gasteiger partial charge on any atom is -0.494 e. The molecule has 0 fully saturated rings. The third-order valence-electron chi connectivity index (χ3n) is 6.95. The van der Waals surface area contributed by atoms with Gasteiger partial charge in [-0.1, -0.05) is 102 Å². The van der Waals surface area contributed by atoms with Gasteiger partial charge in [-0.2, -0.15) is 0 Å². The largest absolute Gasteiger partial charge is 0.494 e. The molecule has 0 N–H and O–H groups in total.